The van der Waals surface area contributed by atoms with E-state index < -0.39 is 47.9 Å². The fraction of sp³-hybridized carbons (Fsp3) is 0.789. The minimum Gasteiger partial charge on any atom is -0.391 e. The minimum absolute atomic E-state index is 0.250. The van der Waals surface area contributed by atoms with E-state index in [1.54, 1.807) is 0 Å². The van der Waals surface area contributed by atoms with Crippen molar-refractivity contribution < 1.29 is 29.4 Å². The van der Waals surface area contributed by atoms with Gasteiger partial charge in [0.1, 0.15) is 12.1 Å². The zero-order valence-electron chi connectivity index (χ0n) is 18.3. The van der Waals surface area contributed by atoms with Crippen LogP contribution in [0.25, 0.3) is 0 Å². The Hall–Kier alpha value is -2.24. The topological polar surface area (TPSA) is 179 Å². The number of nitrogens with zero attached hydrogens (tertiary/aromatic N) is 2. The van der Waals surface area contributed by atoms with Gasteiger partial charge in [0.15, 0.2) is 0 Å². The summed E-state index contributed by atoms with van der Waals surface area (Å²) in [7, 11) is 0. The number of rotatable bonds is 14. The van der Waals surface area contributed by atoms with Crippen LogP contribution in [0.1, 0.15) is 47.0 Å². The Balaban J connectivity index is 5.26. The molecule has 0 heterocycles. The van der Waals surface area contributed by atoms with E-state index >= 15 is 0 Å². The van der Waals surface area contributed by atoms with Gasteiger partial charge in [-0.05, 0) is 26.7 Å². The number of aliphatic hydroxyl groups is 2. The second-order valence-electron chi connectivity index (χ2n) is 7.38. The van der Waals surface area contributed by atoms with Gasteiger partial charge < -0.3 is 36.8 Å². The summed E-state index contributed by atoms with van der Waals surface area (Å²) in [6, 6.07) is -2.43. The number of carbonyl (C=O) groups excluding carboxylic acids is 4. The zero-order chi connectivity index (χ0) is 23.4. The van der Waals surface area contributed by atoms with Gasteiger partial charge >= 0.3 is 0 Å². The molecule has 0 saturated carbocycles. The van der Waals surface area contributed by atoms with Crippen LogP contribution in [0.3, 0.4) is 0 Å². The van der Waals surface area contributed by atoms with E-state index in [-0.39, 0.29) is 19.6 Å². The van der Waals surface area contributed by atoms with E-state index in [9.17, 15) is 29.4 Å². The van der Waals surface area contributed by atoms with Gasteiger partial charge in [-0.15, -0.1) is 0 Å². The summed E-state index contributed by atoms with van der Waals surface area (Å²) >= 11 is 0. The molecule has 0 rings (SSSR count). The molecule has 4 amide bonds. The molecule has 0 bridgehead atoms. The second-order valence-corrected chi connectivity index (χ2v) is 7.38. The Labute approximate surface area is 177 Å². The Morgan fingerprint density at radius 1 is 0.933 bits per heavy atom. The molecule has 0 unspecified atom stereocenters. The highest BCUT2D eigenvalue weighted by molar-refractivity contribution is 5.91. The Morgan fingerprint density at radius 3 is 1.97 bits per heavy atom. The minimum atomic E-state index is -1.28. The Bertz CT molecular complexity index is 584. The smallest absolute Gasteiger partial charge is 0.242 e. The van der Waals surface area contributed by atoms with Crippen LogP contribution in [0, 0.1) is 0 Å². The van der Waals surface area contributed by atoms with Crippen molar-refractivity contribution in [3.05, 3.63) is 0 Å². The molecule has 0 radical (unpaired) electrons. The first kappa shape index (κ1) is 27.8. The molecule has 0 aromatic heterocycles. The first-order valence-electron chi connectivity index (χ1n) is 10.2. The first-order valence-corrected chi connectivity index (χ1v) is 10.2. The molecular formula is C19H37N5O6. The predicted molar refractivity (Wildman–Crippen MR) is 111 cm³/mol. The molecule has 0 aromatic rings. The third-order valence-electron chi connectivity index (χ3n) is 4.51. The molecule has 0 saturated heterocycles. The van der Waals surface area contributed by atoms with Crippen molar-refractivity contribution in [2.45, 2.75) is 71.2 Å². The SMILES string of the molecule is CCCCN(CC(=O)N(CCC)CC(=O)N[C@H](C(N)=O)[C@@H](C)O)C(=O)[C@@H](N)[C@@H](C)O. The Morgan fingerprint density at radius 2 is 1.53 bits per heavy atom. The summed E-state index contributed by atoms with van der Waals surface area (Å²) < 4.78 is 0. The standard InChI is InChI=1S/C19H37N5O6/c1-5-7-9-24(19(30)16(20)12(3)25)11-15(28)23(8-6-2)10-14(27)22-17(13(4)26)18(21)29/h12-13,16-17,25-26H,5-11,20H2,1-4H3,(H2,21,29)(H,22,27)/t12-,13-,16+,17+/m1/s1. The number of nitrogens with one attached hydrogen (secondary N) is 1. The lowest BCUT2D eigenvalue weighted by molar-refractivity contribution is -0.144. The van der Waals surface area contributed by atoms with Crippen molar-refractivity contribution in [2.24, 2.45) is 11.5 Å². The predicted octanol–water partition coefficient (Wildman–Crippen LogP) is -2.09. The molecule has 11 nitrogen and oxygen atoms in total. The number of hydrogen-bond acceptors (Lipinski definition) is 7. The zero-order valence-corrected chi connectivity index (χ0v) is 18.3. The average molecular weight is 432 g/mol. The molecule has 30 heavy (non-hydrogen) atoms. The van der Waals surface area contributed by atoms with Crippen LogP contribution < -0.4 is 16.8 Å². The fourth-order valence-corrected chi connectivity index (χ4v) is 2.68. The van der Waals surface area contributed by atoms with Gasteiger partial charge in [-0.2, -0.15) is 0 Å². The van der Waals surface area contributed by atoms with Crippen LogP contribution in [-0.4, -0.2) is 94.1 Å². The van der Waals surface area contributed by atoms with Crippen molar-refractivity contribution in [3.8, 4) is 0 Å². The largest absolute Gasteiger partial charge is 0.391 e. The number of primary amides is 1. The number of aliphatic hydroxyl groups excluding tert-OH is 2. The van der Waals surface area contributed by atoms with Crippen LogP contribution in [-0.2, 0) is 19.2 Å². The van der Waals surface area contributed by atoms with Crippen molar-refractivity contribution in [3.63, 3.8) is 0 Å². The lowest BCUT2D eigenvalue weighted by atomic mass is 10.1. The number of amides is 4. The highest BCUT2D eigenvalue weighted by Crippen LogP contribution is 2.04. The van der Waals surface area contributed by atoms with Gasteiger partial charge in [-0.1, -0.05) is 20.3 Å². The molecule has 0 aliphatic rings. The van der Waals surface area contributed by atoms with Crippen LogP contribution in [0.4, 0.5) is 0 Å². The molecule has 0 aliphatic heterocycles. The first-order chi connectivity index (χ1) is 14.0. The maximum atomic E-state index is 12.8. The van der Waals surface area contributed by atoms with E-state index in [1.165, 1.54) is 23.6 Å². The molecule has 0 aliphatic carbocycles. The average Bonchev–Trinajstić information content (AvgIpc) is 2.66. The maximum Gasteiger partial charge on any atom is 0.242 e. The van der Waals surface area contributed by atoms with Crippen LogP contribution in [0.2, 0.25) is 0 Å². The van der Waals surface area contributed by atoms with Crippen LogP contribution >= 0.6 is 0 Å². The second kappa shape index (κ2) is 13.9. The van der Waals surface area contributed by atoms with E-state index in [2.05, 4.69) is 5.32 Å². The number of hydrogen-bond donors (Lipinski definition) is 5. The summed E-state index contributed by atoms with van der Waals surface area (Å²) in [5.74, 6) is -2.57. The molecule has 174 valence electrons. The van der Waals surface area contributed by atoms with E-state index in [0.717, 1.165) is 6.42 Å². The van der Waals surface area contributed by atoms with Gasteiger partial charge in [0.05, 0.1) is 25.3 Å². The van der Waals surface area contributed by atoms with Gasteiger partial charge in [-0.3, -0.25) is 19.2 Å². The summed E-state index contributed by atoms with van der Waals surface area (Å²) in [4.78, 5) is 51.5. The van der Waals surface area contributed by atoms with Gasteiger partial charge in [-0.25, -0.2) is 0 Å². The third-order valence-corrected chi connectivity index (χ3v) is 4.51. The van der Waals surface area contributed by atoms with Crippen molar-refractivity contribution in [2.75, 3.05) is 26.2 Å². The number of nitrogens with two attached hydrogens (primary N) is 2. The Kier molecular flexibility index (Phi) is 12.8. The summed E-state index contributed by atoms with van der Waals surface area (Å²) in [5, 5.41) is 21.5. The third kappa shape index (κ3) is 9.51. The molecule has 4 atom stereocenters. The highest BCUT2D eigenvalue weighted by atomic mass is 16.3. The maximum absolute atomic E-state index is 12.8. The fourth-order valence-electron chi connectivity index (χ4n) is 2.68. The summed E-state index contributed by atoms with van der Waals surface area (Å²) in [5.41, 5.74) is 10.9. The molecule has 0 spiro atoms. The quantitative estimate of drug-likeness (QED) is 0.209. The van der Waals surface area contributed by atoms with Crippen molar-refractivity contribution in [1.29, 1.82) is 0 Å². The lowest BCUT2D eigenvalue weighted by Crippen LogP contribution is -2.55. The molecule has 0 aromatic carbocycles. The van der Waals surface area contributed by atoms with E-state index in [0.29, 0.717) is 19.4 Å². The molecule has 0 fully saturated rings. The molecular weight excluding hydrogens is 394 g/mol. The van der Waals surface area contributed by atoms with Crippen molar-refractivity contribution in [1.82, 2.24) is 15.1 Å². The molecule has 11 heteroatoms. The van der Waals surface area contributed by atoms with E-state index in [4.69, 9.17) is 11.5 Å². The van der Waals surface area contributed by atoms with Crippen molar-refractivity contribution >= 4 is 23.6 Å². The van der Waals surface area contributed by atoms with Gasteiger partial charge in [0.25, 0.3) is 0 Å². The normalized spacial score (nSPS) is 14.9. The lowest BCUT2D eigenvalue weighted by Gasteiger charge is -2.30. The van der Waals surface area contributed by atoms with Gasteiger partial charge in [0.2, 0.25) is 23.6 Å². The molecule has 7 N–H and O–H groups in total. The monoisotopic (exact) mass is 431 g/mol. The number of unbranched alkanes of at least 4 members (excludes halogenated alkanes) is 1. The highest BCUT2D eigenvalue weighted by Gasteiger charge is 2.29. The van der Waals surface area contributed by atoms with E-state index in [1.807, 2.05) is 13.8 Å². The van der Waals surface area contributed by atoms with Crippen LogP contribution in [0.5, 0.6) is 0 Å². The summed E-state index contributed by atoms with van der Waals surface area (Å²) in [6.07, 6.45) is -0.262. The van der Waals surface area contributed by atoms with Gasteiger partial charge in [0, 0.05) is 13.1 Å². The summed E-state index contributed by atoms with van der Waals surface area (Å²) in [6.45, 7) is 6.36. The number of carbonyl (C=O) groups is 4. The van der Waals surface area contributed by atoms with Crippen LogP contribution in [0.15, 0.2) is 0 Å².